The summed E-state index contributed by atoms with van der Waals surface area (Å²) in [6, 6.07) is 0. The van der Waals surface area contributed by atoms with Crippen LogP contribution in [0.3, 0.4) is 0 Å². The molecule has 0 aliphatic heterocycles. The Morgan fingerprint density at radius 2 is 2.33 bits per heavy atom. The van der Waals surface area contributed by atoms with Crippen LogP contribution in [0, 0.1) is 12.3 Å². The molecule has 0 atom stereocenters. The van der Waals surface area contributed by atoms with Crippen LogP contribution in [0.2, 0.25) is 0 Å². The van der Waals surface area contributed by atoms with E-state index in [4.69, 9.17) is 6.42 Å². The number of Topliss-reactive ketones (excluding diaryl/α,β-unsaturated/α-hetero) is 1. The van der Waals surface area contributed by atoms with Gasteiger partial charge in [0.15, 0.2) is 0 Å². The van der Waals surface area contributed by atoms with Crippen molar-refractivity contribution in [1.29, 1.82) is 0 Å². The highest BCUT2D eigenvalue weighted by Crippen LogP contribution is 2.07. The van der Waals surface area contributed by atoms with E-state index in [1.165, 1.54) is 0 Å². The van der Waals surface area contributed by atoms with Crippen molar-refractivity contribution in [3.05, 3.63) is 0 Å². The van der Waals surface area contributed by atoms with Gasteiger partial charge in [0, 0.05) is 0 Å². The van der Waals surface area contributed by atoms with E-state index >= 15 is 0 Å². The Balaban J connectivity index is 3.31. The molecule has 1 nitrogen and oxygen atoms in total. The third-order valence-corrected chi connectivity index (χ3v) is 1.80. The van der Waals surface area contributed by atoms with Gasteiger partial charge in [0.1, 0.15) is 0 Å². The maximum Gasteiger partial charge on any atom is 0.215 e. The first kappa shape index (κ1) is 8.58. The SMILES string of the molecule is C#CC(=O)CSC(C)C. The van der Waals surface area contributed by atoms with Crippen LogP contribution in [0.4, 0.5) is 0 Å². The number of hydrogen-bond acceptors (Lipinski definition) is 2. The Labute approximate surface area is 60.2 Å². The fourth-order valence-electron chi connectivity index (χ4n) is 0.284. The lowest BCUT2D eigenvalue weighted by Gasteiger charge is -1.98. The highest BCUT2D eigenvalue weighted by Gasteiger charge is 1.98. The molecule has 0 aromatic rings. The number of rotatable bonds is 3. The molecule has 0 radical (unpaired) electrons. The Morgan fingerprint density at radius 3 is 2.67 bits per heavy atom. The molecule has 0 N–H and O–H groups in total. The van der Waals surface area contributed by atoms with Gasteiger partial charge in [0.05, 0.1) is 5.75 Å². The molecular weight excluding hydrogens is 132 g/mol. The van der Waals surface area contributed by atoms with Crippen LogP contribution < -0.4 is 0 Å². The predicted molar refractivity (Wildman–Crippen MR) is 41.4 cm³/mol. The molecule has 0 unspecified atom stereocenters. The van der Waals surface area contributed by atoms with Gasteiger partial charge in [0.25, 0.3) is 0 Å². The normalized spacial score (nSPS) is 9.11. The summed E-state index contributed by atoms with van der Waals surface area (Å²) in [7, 11) is 0. The summed E-state index contributed by atoms with van der Waals surface area (Å²) in [5.74, 6) is 2.40. The largest absolute Gasteiger partial charge is 0.284 e. The molecule has 0 spiro atoms. The second kappa shape index (κ2) is 4.46. The lowest BCUT2D eigenvalue weighted by Crippen LogP contribution is -1.99. The number of carbonyl (C=O) groups is 1. The number of terminal acetylenes is 1. The maximum absolute atomic E-state index is 10.5. The number of thioether (sulfide) groups is 1. The lowest BCUT2D eigenvalue weighted by atomic mass is 10.5. The summed E-state index contributed by atoms with van der Waals surface area (Å²) in [5.41, 5.74) is 0. The average molecular weight is 142 g/mol. The van der Waals surface area contributed by atoms with E-state index < -0.39 is 0 Å². The van der Waals surface area contributed by atoms with Crippen LogP contribution in [0.15, 0.2) is 0 Å². The second-order valence-corrected chi connectivity index (χ2v) is 3.49. The molecule has 9 heavy (non-hydrogen) atoms. The first-order valence-electron chi connectivity index (χ1n) is 2.78. The van der Waals surface area contributed by atoms with E-state index in [0.29, 0.717) is 11.0 Å². The first-order valence-corrected chi connectivity index (χ1v) is 3.82. The van der Waals surface area contributed by atoms with Gasteiger partial charge < -0.3 is 0 Å². The van der Waals surface area contributed by atoms with Crippen molar-refractivity contribution < 1.29 is 4.79 Å². The van der Waals surface area contributed by atoms with Crippen molar-refractivity contribution >= 4 is 17.5 Å². The molecule has 0 saturated carbocycles. The number of ketones is 1. The average Bonchev–Trinajstić information content (AvgIpc) is 1.83. The molecule has 0 aliphatic carbocycles. The van der Waals surface area contributed by atoms with E-state index in [1.807, 2.05) is 13.8 Å². The van der Waals surface area contributed by atoms with Crippen molar-refractivity contribution in [1.82, 2.24) is 0 Å². The Kier molecular flexibility index (Phi) is 4.25. The topological polar surface area (TPSA) is 17.1 Å². The summed E-state index contributed by atoms with van der Waals surface area (Å²) in [6.07, 6.45) is 4.85. The Hall–Kier alpha value is -0.420. The first-order chi connectivity index (χ1) is 4.16. The van der Waals surface area contributed by atoms with Crippen LogP contribution in [0.25, 0.3) is 0 Å². The standard InChI is InChI=1S/C7H10OS/c1-4-7(8)5-9-6(2)3/h1,6H,5H2,2-3H3. The molecule has 0 rings (SSSR count). The number of carbonyl (C=O) groups excluding carboxylic acids is 1. The van der Waals surface area contributed by atoms with Crippen molar-refractivity contribution in [2.75, 3.05) is 5.75 Å². The highest BCUT2D eigenvalue weighted by molar-refractivity contribution is 8.00. The summed E-state index contributed by atoms with van der Waals surface area (Å²) in [4.78, 5) is 10.5. The monoisotopic (exact) mass is 142 g/mol. The molecule has 0 fully saturated rings. The fourth-order valence-corrected chi connectivity index (χ4v) is 0.852. The van der Waals surface area contributed by atoms with Gasteiger partial charge in [0.2, 0.25) is 5.78 Å². The molecule has 50 valence electrons. The van der Waals surface area contributed by atoms with Crippen LogP contribution >= 0.6 is 11.8 Å². The molecule has 0 bridgehead atoms. The van der Waals surface area contributed by atoms with Crippen LogP contribution in [0.1, 0.15) is 13.8 Å². The zero-order chi connectivity index (χ0) is 7.28. The van der Waals surface area contributed by atoms with Crippen molar-refractivity contribution in [2.24, 2.45) is 0 Å². The van der Waals surface area contributed by atoms with E-state index in [2.05, 4.69) is 5.92 Å². The van der Waals surface area contributed by atoms with Crippen molar-refractivity contribution in [3.63, 3.8) is 0 Å². The lowest BCUT2D eigenvalue weighted by molar-refractivity contribution is -0.111. The zero-order valence-corrected chi connectivity index (χ0v) is 6.49. The summed E-state index contributed by atoms with van der Waals surface area (Å²) >= 11 is 1.57. The van der Waals surface area contributed by atoms with Gasteiger partial charge in [-0.1, -0.05) is 13.8 Å². The van der Waals surface area contributed by atoms with Gasteiger partial charge in [-0.3, -0.25) is 4.79 Å². The molecule has 0 aromatic carbocycles. The van der Waals surface area contributed by atoms with E-state index in [9.17, 15) is 4.79 Å². The van der Waals surface area contributed by atoms with Gasteiger partial charge in [-0.25, -0.2) is 0 Å². The van der Waals surface area contributed by atoms with E-state index in [1.54, 1.807) is 11.8 Å². The van der Waals surface area contributed by atoms with Gasteiger partial charge in [-0.15, -0.1) is 6.42 Å². The van der Waals surface area contributed by atoms with E-state index in [0.717, 1.165) is 0 Å². The molecule has 2 heteroatoms. The molecule has 0 saturated heterocycles. The minimum atomic E-state index is -0.117. The van der Waals surface area contributed by atoms with Crippen molar-refractivity contribution in [2.45, 2.75) is 19.1 Å². The molecule has 0 aromatic heterocycles. The quantitative estimate of drug-likeness (QED) is 0.437. The maximum atomic E-state index is 10.5. The Morgan fingerprint density at radius 1 is 1.78 bits per heavy atom. The molecule has 0 aliphatic rings. The fraction of sp³-hybridized carbons (Fsp3) is 0.571. The summed E-state index contributed by atoms with van der Waals surface area (Å²) < 4.78 is 0. The summed E-state index contributed by atoms with van der Waals surface area (Å²) in [6.45, 7) is 4.07. The van der Waals surface area contributed by atoms with Crippen molar-refractivity contribution in [3.8, 4) is 12.3 Å². The van der Waals surface area contributed by atoms with Gasteiger partial charge in [-0.2, -0.15) is 11.8 Å². The molecule has 0 amide bonds. The zero-order valence-electron chi connectivity index (χ0n) is 5.68. The van der Waals surface area contributed by atoms with Gasteiger partial charge >= 0.3 is 0 Å². The van der Waals surface area contributed by atoms with Crippen LogP contribution in [-0.4, -0.2) is 16.8 Å². The summed E-state index contributed by atoms with van der Waals surface area (Å²) in [5, 5.41) is 0.488. The van der Waals surface area contributed by atoms with E-state index in [-0.39, 0.29) is 5.78 Å². The van der Waals surface area contributed by atoms with Crippen LogP contribution in [0.5, 0.6) is 0 Å². The predicted octanol–water partition coefficient (Wildman–Crippen LogP) is 1.33. The number of hydrogen-bond donors (Lipinski definition) is 0. The minimum absolute atomic E-state index is 0.117. The molecular formula is C7H10OS. The highest BCUT2D eigenvalue weighted by atomic mass is 32.2. The van der Waals surface area contributed by atoms with Gasteiger partial charge in [-0.05, 0) is 11.2 Å². The molecule has 0 heterocycles. The third-order valence-electron chi connectivity index (χ3n) is 0.709. The second-order valence-electron chi connectivity index (χ2n) is 1.93. The smallest absolute Gasteiger partial charge is 0.215 e. The Bertz CT molecular complexity index is 132. The van der Waals surface area contributed by atoms with Crippen LogP contribution in [-0.2, 0) is 4.79 Å². The minimum Gasteiger partial charge on any atom is -0.284 e. The third kappa shape index (κ3) is 5.45.